The Balaban J connectivity index is 1.97. The molecule has 0 saturated carbocycles. The standard InChI is InChI=1S/C14H17NO3/c1-2-18-14(17)10-15-9-12(8-13(15)16)11-6-4-3-5-7-11/h3-7,12H,2,8-10H2,1H3/t12-/m0/s1. The Morgan fingerprint density at radius 3 is 2.78 bits per heavy atom. The van der Waals surface area contributed by atoms with Gasteiger partial charge in [0.2, 0.25) is 5.91 Å². The van der Waals surface area contributed by atoms with Gasteiger partial charge in [0.15, 0.2) is 0 Å². The zero-order valence-electron chi connectivity index (χ0n) is 10.5. The molecule has 96 valence electrons. The number of esters is 1. The van der Waals surface area contributed by atoms with Crippen LogP contribution in [-0.2, 0) is 14.3 Å². The predicted octanol–water partition coefficient (Wildman–Crippen LogP) is 1.57. The van der Waals surface area contributed by atoms with Crippen molar-refractivity contribution in [1.82, 2.24) is 4.90 Å². The molecular weight excluding hydrogens is 230 g/mol. The van der Waals surface area contributed by atoms with E-state index >= 15 is 0 Å². The van der Waals surface area contributed by atoms with Gasteiger partial charge in [-0.15, -0.1) is 0 Å². The summed E-state index contributed by atoms with van der Waals surface area (Å²) in [5.74, 6) is -0.121. The summed E-state index contributed by atoms with van der Waals surface area (Å²) >= 11 is 0. The summed E-state index contributed by atoms with van der Waals surface area (Å²) in [7, 11) is 0. The highest BCUT2D eigenvalue weighted by Gasteiger charge is 2.31. The molecule has 0 spiro atoms. The van der Waals surface area contributed by atoms with Crippen LogP contribution in [0.25, 0.3) is 0 Å². The topological polar surface area (TPSA) is 46.6 Å². The quantitative estimate of drug-likeness (QED) is 0.759. The Bertz CT molecular complexity index is 430. The van der Waals surface area contributed by atoms with Gasteiger partial charge in [0.1, 0.15) is 6.54 Å². The van der Waals surface area contributed by atoms with Gasteiger partial charge in [0.25, 0.3) is 0 Å². The summed E-state index contributed by atoms with van der Waals surface area (Å²) in [6.45, 7) is 2.77. The van der Waals surface area contributed by atoms with Crippen LogP contribution in [-0.4, -0.2) is 36.5 Å². The molecule has 0 aromatic heterocycles. The van der Waals surface area contributed by atoms with Crippen molar-refractivity contribution in [1.29, 1.82) is 0 Å². The lowest BCUT2D eigenvalue weighted by Gasteiger charge is -2.15. The molecule has 1 aromatic carbocycles. The van der Waals surface area contributed by atoms with Crippen molar-refractivity contribution in [3.63, 3.8) is 0 Å². The van der Waals surface area contributed by atoms with Crippen LogP contribution in [0.3, 0.4) is 0 Å². The van der Waals surface area contributed by atoms with Gasteiger partial charge >= 0.3 is 5.97 Å². The number of carbonyl (C=O) groups excluding carboxylic acids is 2. The monoisotopic (exact) mass is 247 g/mol. The molecule has 4 nitrogen and oxygen atoms in total. The van der Waals surface area contributed by atoms with Gasteiger partial charge in [0, 0.05) is 18.9 Å². The van der Waals surface area contributed by atoms with E-state index in [1.54, 1.807) is 11.8 Å². The third kappa shape index (κ3) is 2.88. The number of hydrogen-bond acceptors (Lipinski definition) is 3. The van der Waals surface area contributed by atoms with Crippen molar-refractivity contribution in [2.75, 3.05) is 19.7 Å². The molecule has 0 bridgehead atoms. The van der Waals surface area contributed by atoms with Gasteiger partial charge in [-0.25, -0.2) is 0 Å². The van der Waals surface area contributed by atoms with E-state index in [1.807, 2.05) is 30.3 Å². The average molecular weight is 247 g/mol. The van der Waals surface area contributed by atoms with Crippen molar-refractivity contribution in [3.8, 4) is 0 Å². The van der Waals surface area contributed by atoms with Crippen LogP contribution in [0.5, 0.6) is 0 Å². The summed E-state index contributed by atoms with van der Waals surface area (Å²) in [6, 6.07) is 9.93. The highest BCUT2D eigenvalue weighted by Crippen LogP contribution is 2.27. The lowest BCUT2D eigenvalue weighted by atomic mass is 9.99. The second kappa shape index (κ2) is 5.67. The van der Waals surface area contributed by atoms with Gasteiger partial charge in [-0.3, -0.25) is 9.59 Å². The molecule has 0 N–H and O–H groups in total. The predicted molar refractivity (Wildman–Crippen MR) is 67.0 cm³/mol. The average Bonchev–Trinajstić information content (AvgIpc) is 2.72. The van der Waals surface area contributed by atoms with Crippen molar-refractivity contribution in [3.05, 3.63) is 35.9 Å². The SMILES string of the molecule is CCOC(=O)CN1C[C@@H](c2ccccc2)CC1=O. The zero-order valence-corrected chi connectivity index (χ0v) is 10.5. The van der Waals surface area contributed by atoms with Crippen molar-refractivity contribution in [2.24, 2.45) is 0 Å². The second-order valence-corrected chi connectivity index (χ2v) is 4.39. The van der Waals surface area contributed by atoms with E-state index in [9.17, 15) is 9.59 Å². The van der Waals surface area contributed by atoms with Crippen LogP contribution in [0, 0.1) is 0 Å². The van der Waals surface area contributed by atoms with E-state index in [-0.39, 0.29) is 24.3 Å². The number of nitrogens with zero attached hydrogens (tertiary/aromatic N) is 1. The maximum Gasteiger partial charge on any atom is 0.325 e. The summed E-state index contributed by atoms with van der Waals surface area (Å²) < 4.78 is 4.86. The van der Waals surface area contributed by atoms with Crippen molar-refractivity contribution < 1.29 is 14.3 Å². The Morgan fingerprint density at radius 1 is 1.39 bits per heavy atom. The normalized spacial score (nSPS) is 19.1. The van der Waals surface area contributed by atoms with Crippen molar-refractivity contribution >= 4 is 11.9 Å². The highest BCUT2D eigenvalue weighted by atomic mass is 16.5. The third-order valence-electron chi connectivity index (χ3n) is 3.11. The van der Waals surface area contributed by atoms with Crippen LogP contribution < -0.4 is 0 Å². The van der Waals surface area contributed by atoms with Crippen LogP contribution in [0.15, 0.2) is 30.3 Å². The van der Waals surface area contributed by atoms with Crippen LogP contribution in [0.1, 0.15) is 24.8 Å². The Morgan fingerprint density at radius 2 is 2.11 bits per heavy atom. The van der Waals surface area contributed by atoms with Gasteiger partial charge in [0.05, 0.1) is 6.61 Å². The number of benzene rings is 1. The van der Waals surface area contributed by atoms with Gasteiger partial charge in [-0.05, 0) is 12.5 Å². The minimum absolute atomic E-state index is 0.0249. The first-order valence-electron chi connectivity index (χ1n) is 6.19. The Kier molecular flexibility index (Phi) is 3.97. The molecule has 0 unspecified atom stereocenters. The second-order valence-electron chi connectivity index (χ2n) is 4.39. The lowest BCUT2D eigenvalue weighted by molar-refractivity contribution is -0.147. The summed E-state index contributed by atoms with van der Waals surface area (Å²) in [5.41, 5.74) is 1.15. The van der Waals surface area contributed by atoms with Crippen LogP contribution >= 0.6 is 0 Å². The fourth-order valence-corrected chi connectivity index (χ4v) is 2.24. The van der Waals surface area contributed by atoms with E-state index in [0.717, 1.165) is 5.56 Å². The van der Waals surface area contributed by atoms with Crippen LogP contribution in [0.4, 0.5) is 0 Å². The van der Waals surface area contributed by atoms with Crippen LogP contribution in [0.2, 0.25) is 0 Å². The Labute approximate surface area is 107 Å². The number of likely N-dealkylation sites (tertiary alicyclic amines) is 1. The molecule has 1 aliphatic heterocycles. The third-order valence-corrected chi connectivity index (χ3v) is 3.11. The van der Waals surface area contributed by atoms with E-state index in [2.05, 4.69) is 0 Å². The maximum atomic E-state index is 11.8. The van der Waals surface area contributed by atoms with E-state index in [4.69, 9.17) is 4.74 Å². The van der Waals surface area contributed by atoms with Crippen molar-refractivity contribution in [2.45, 2.75) is 19.3 Å². The van der Waals surface area contributed by atoms with E-state index in [1.165, 1.54) is 0 Å². The first kappa shape index (κ1) is 12.6. The first-order valence-corrected chi connectivity index (χ1v) is 6.19. The Hall–Kier alpha value is -1.84. The smallest absolute Gasteiger partial charge is 0.325 e. The number of rotatable bonds is 4. The highest BCUT2D eigenvalue weighted by molar-refractivity contribution is 5.84. The van der Waals surface area contributed by atoms with E-state index in [0.29, 0.717) is 19.6 Å². The van der Waals surface area contributed by atoms with Gasteiger partial charge in [-0.1, -0.05) is 30.3 Å². The fraction of sp³-hybridized carbons (Fsp3) is 0.429. The number of carbonyl (C=O) groups is 2. The zero-order chi connectivity index (χ0) is 13.0. The molecule has 1 fully saturated rings. The van der Waals surface area contributed by atoms with E-state index < -0.39 is 0 Å². The molecule has 1 aromatic rings. The summed E-state index contributed by atoms with van der Waals surface area (Å²) in [4.78, 5) is 24.8. The summed E-state index contributed by atoms with van der Waals surface area (Å²) in [5, 5.41) is 0. The molecule has 1 heterocycles. The lowest BCUT2D eigenvalue weighted by Crippen LogP contribution is -2.32. The molecule has 1 saturated heterocycles. The molecule has 18 heavy (non-hydrogen) atoms. The summed E-state index contributed by atoms with van der Waals surface area (Å²) in [6.07, 6.45) is 0.476. The number of amides is 1. The molecule has 1 atom stereocenters. The number of ether oxygens (including phenoxy) is 1. The molecule has 1 aliphatic rings. The van der Waals surface area contributed by atoms with Gasteiger partial charge in [-0.2, -0.15) is 0 Å². The minimum atomic E-state index is -0.334. The largest absolute Gasteiger partial charge is 0.465 e. The molecule has 0 aliphatic carbocycles. The first-order chi connectivity index (χ1) is 8.70. The molecular formula is C14H17NO3. The molecule has 0 radical (unpaired) electrons. The molecule has 1 amide bonds. The maximum absolute atomic E-state index is 11.8. The fourth-order valence-electron chi connectivity index (χ4n) is 2.24. The molecule has 2 rings (SSSR count). The minimum Gasteiger partial charge on any atom is -0.465 e. The molecule has 4 heteroatoms. The number of hydrogen-bond donors (Lipinski definition) is 0. The van der Waals surface area contributed by atoms with Gasteiger partial charge < -0.3 is 9.64 Å².